The highest BCUT2D eigenvalue weighted by molar-refractivity contribution is 5.86. The summed E-state index contributed by atoms with van der Waals surface area (Å²) in [6, 6.07) is 6.42. The maximum Gasteiger partial charge on any atom is 0.141 e. The van der Waals surface area contributed by atoms with Crippen molar-refractivity contribution in [3.63, 3.8) is 0 Å². The van der Waals surface area contributed by atoms with E-state index in [1.165, 1.54) is 118 Å². The number of aromatic nitrogens is 3. The molecule has 9 nitrogen and oxygen atoms in total. The van der Waals surface area contributed by atoms with Crippen molar-refractivity contribution in [2.75, 3.05) is 60.4 Å². The fourth-order valence-electron chi connectivity index (χ4n) is 11.6. The Morgan fingerprint density at radius 1 is 0.587 bits per heavy atom. The number of Topliss-reactive ketones (excluding diaryl/α,β-unsaturated/α-hetero) is 1. The average molecular weight is 867 g/mol. The number of hydrogen-bond acceptors (Lipinski definition) is 9. The van der Waals surface area contributed by atoms with Crippen LogP contribution < -0.4 is 4.74 Å². The molecule has 0 unspecified atom stereocenters. The van der Waals surface area contributed by atoms with E-state index in [2.05, 4.69) is 110 Å². The van der Waals surface area contributed by atoms with Gasteiger partial charge in [0.25, 0.3) is 0 Å². The van der Waals surface area contributed by atoms with E-state index in [1.54, 1.807) is 0 Å². The number of hydrogen-bond donors (Lipinski definition) is 1. The van der Waals surface area contributed by atoms with Gasteiger partial charge in [0.05, 0.1) is 11.8 Å². The molecule has 0 radical (unpaired) electrons. The second-order valence-corrected chi connectivity index (χ2v) is 21.0. The predicted molar refractivity (Wildman–Crippen MR) is 262 cm³/mol. The minimum atomic E-state index is -0.478. The molecule has 1 N–H and O–H groups in total. The van der Waals surface area contributed by atoms with E-state index in [4.69, 9.17) is 4.74 Å². The number of likely N-dealkylation sites (tertiary alicyclic amines) is 3. The second-order valence-electron chi connectivity index (χ2n) is 21.0. The molecule has 63 heavy (non-hydrogen) atoms. The molecule has 4 spiro atoms. The van der Waals surface area contributed by atoms with Crippen LogP contribution in [0.2, 0.25) is 0 Å². The number of fused-ring (bicyclic) bond motifs is 1. The minimum absolute atomic E-state index is 0. The van der Waals surface area contributed by atoms with Crippen LogP contribution in [0.1, 0.15) is 137 Å². The summed E-state index contributed by atoms with van der Waals surface area (Å²) in [5, 5.41) is 10.8. The molecule has 9 heteroatoms. The summed E-state index contributed by atoms with van der Waals surface area (Å²) in [4.78, 5) is 30.9. The van der Waals surface area contributed by atoms with Crippen LogP contribution in [0, 0.1) is 57.8 Å². The molecule has 0 bridgehead atoms. The van der Waals surface area contributed by atoms with Crippen molar-refractivity contribution < 1.29 is 14.6 Å². The second kappa shape index (κ2) is 21.2. The Bertz CT molecular complexity index is 1950. The number of ketones is 1. The number of carbonyl (C=O) groups excluding carboxylic acids is 1. The zero-order valence-electron chi connectivity index (χ0n) is 39.5. The summed E-state index contributed by atoms with van der Waals surface area (Å²) in [6.07, 6.45) is 21.5. The summed E-state index contributed by atoms with van der Waals surface area (Å²) >= 11 is 0. The standard InChI is InChI=1S/C17H26N2O.C16H22N2O.C9H15NO.C8H11N.C2H4.2CH4/c1-13-10-18-14(2)8-15(13)9-17(20)11-16(12-17)4-6-19(3)7-5-16;1-12-7-13-8-16(19-14(13)9-17-12)10-15(11-16)3-5-18(2)6-4-15;1-10-4-2-9(3-5-10)6-8(11)7-9;1-6-4-8(3)9-5-7(6)2;1-2;;/h8,10,20H,4-7,9,11-12H2,1-3H3;7,9H,3-6,8,10-11H2,1-2H3;2-7H2,1H3;4-5H,1-3H3;1-2H2;2*1H4. The number of nitrogens with zero attached hydrogens (tertiary/aromatic N) is 6. The first-order valence-electron chi connectivity index (χ1n) is 23.1. The van der Waals surface area contributed by atoms with Crippen LogP contribution in [0.5, 0.6) is 5.75 Å². The molecule has 350 valence electrons. The SMILES string of the molecule is C.C.C=C.CN1CCC2(CC1)CC(=O)C2.Cc1cc(C)c(C)cn1.Cc1cc(CC2(O)CC3(CCN(C)CC3)C2)c(C)cn1.Cc1cc2c(cn1)OC1(C2)CC2(CCN(C)CC2)C1. The lowest BCUT2D eigenvalue weighted by Crippen LogP contribution is -2.58. The van der Waals surface area contributed by atoms with Gasteiger partial charge in [0.1, 0.15) is 17.1 Å². The molecular weight excluding hydrogens is 781 g/mol. The van der Waals surface area contributed by atoms with Crippen LogP contribution in [0.15, 0.2) is 49.9 Å². The van der Waals surface area contributed by atoms with Crippen molar-refractivity contribution in [3.05, 3.63) is 94.8 Å². The summed E-state index contributed by atoms with van der Waals surface area (Å²) in [6.45, 7) is 25.6. The number of aliphatic hydroxyl groups is 1. The van der Waals surface area contributed by atoms with Crippen LogP contribution in [-0.4, -0.2) is 112 Å². The van der Waals surface area contributed by atoms with E-state index in [9.17, 15) is 9.90 Å². The predicted octanol–water partition coefficient (Wildman–Crippen LogP) is 10.2. The van der Waals surface area contributed by atoms with Gasteiger partial charge in [0.2, 0.25) is 0 Å². The quantitative estimate of drug-likeness (QED) is 0.253. The Labute approximate surface area is 383 Å². The molecule has 3 saturated carbocycles. The molecule has 3 aliphatic carbocycles. The highest BCUT2D eigenvalue weighted by Gasteiger charge is 2.59. The van der Waals surface area contributed by atoms with Gasteiger partial charge in [-0.25, -0.2) is 0 Å². The van der Waals surface area contributed by atoms with Crippen molar-refractivity contribution in [2.24, 2.45) is 16.2 Å². The average Bonchev–Trinajstić information content (AvgIpc) is 3.56. The third-order valence-corrected chi connectivity index (χ3v) is 15.4. The molecular formula is C54H86N6O3. The van der Waals surface area contributed by atoms with Gasteiger partial charge >= 0.3 is 0 Å². The molecule has 10 rings (SSSR count). The molecule has 3 saturated heterocycles. The third-order valence-electron chi connectivity index (χ3n) is 15.4. The Morgan fingerprint density at radius 3 is 1.49 bits per heavy atom. The van der Waals surface area contributed by atoms with Gasteiger partial charge in [0.15, 0.2) is 0 Å². The molecule has 0 aromatic carbocycles. The summed E-state index contributed by atoms with van der Waals surface area (Å²) in [5.41, 5.74) is 10.8. The van der Waals surface area contributed by atoms with E-state index < -0.39 is 5.60 Å². The first kappa shape index (κ1) is 52.1. The van der Waals surface area contributed by atoms with Crippen LogP contribution in [0.4, 0.5) is 0 Å². The fraction of sp³-hybridized carbons (Fsp3) is 0.667. The molecule has 0 amide bonds. The van der Waals surface area contributed by atoms with Crippen LogP contribution in [0.25, 0.3) is 0 Å². The van der Waals surface area contributed by atoms with Crippen molar-refractivity contribution in [1.29, 1.82) is 0 Å². The lowest BCUT2D eigenvalue weighted by Gasteiger charge is -2.56. The van der Waals surface area contributed by atoms with Gasteiger partial charge < -0.3 is 24.5 Å². The Kier molecular flexibility index (Phi) is 17.5. The lowest BCUT2D eigenvalue weighted by molar-refractivity contribution is -0.146. The number of carbonyl (C=O) groups is 1. The molecule has 0 atom stereocenters. The van der Waals surface area contributed by atoms with E-state index >= 15 is 0 Å². The molecule has 4 aliphatic heterocycles. The Hall–Kier alpha value is -3.50. The van der Waals surface area contributed by atoms with Gasteiger partial charge in [-0.15, -0.1) is 13.2 Å². The van der Waals surface area contributed by atoms with Crippen molar-refractivity contribution in [1.82, 2.24) is 29.7 Å². The number of piperidine rings is 3. The molecule has 6 fully saturated rings. The van der Waals surface area contributed by atoms with Gasteiger partial charge in [-0.3, -0.25) is 19.7 Å². The first-order valence-corrected chi connectivity index (χ1v) is 23.1. The zero-order valence-corrected chi connectivity index (χ0v) is 39.5. The monoisotopic (exact) mass is 867 g/mol. The van der Waals surface area contributed by atoms with Gasteiger partial charge in [-0.1, -0.05) is 14.9 Å². The maximum absolute atomic E-state index is 10.8. The van der Waals surface area contributed by atoms with E-state index in [1.807, 2.05) is 32.4 Å². The van der Waals surface area contributed by atoms with Crippen molar-refractivity contribution in [2.45, 2.75) is 157 Å². The molecule has 3 aromatic heterocycles. The molecule has 7 aliphatic rings. The number of aryl methyl sites for hydroxylation is 6. The largest absolute Gasteiger partial charge is 0.485 e. The zero-order chi connectivity index (χ0) is 44.2. The normalized spacial score (nSPS) is 22.7. The molecule has 3 aromatic rings. The van der Waals surface area contributed by atoms with Gasteiger partial charge in [-0.2, -0.15) is 0 Å². The van der Waals surface area contributed by atoms with Crippen molar-refractivity contribution >= 4 is 5.78 Å². The van der Waals surface area contributed by atoms with E-state index in [-0.39, 0.29) is 20.5 Å². The third kappa shape index (κ3) is 12.9. The van der Waals surface area contributed by atoms with Crippen molar-refractivity contribution in [3.8, 4) is 5.75 Å². The highest BCUT2D eigenvalue weighted by atomic mass is 16.5. The summed E-state index contributed by atoms with van der Waals surface area (Å²) in [5.74, 6) is 1.52. The molecule has 7 heterocycles. The lowest BCUT2D eigenvalue weighted by atomic mass is 9.54. The Morgan fingerprint density at radius 2 is 1.02 bits per heavy atom. The van der Waals surface area contributed by atoms with E-state index in [0.717, 1.165) is 61.4 Å². The fourth-order valence-corrected chi connectivity index (χ4v) is 11.6. The van der Waals surface area contributed by atoms with Gasteiger partial charge in [-0.05, 0) is 223 Å². The van der Waals surface area contributed by atoms with Gasteiger partial charge in [0, 0.05) is 60.7 Å². The number of ether oxygens (including phenoxy) is 1. The minimum Gasteiger partial charge on any atom is -0.485 e. The van der Waals surface area contributed by atoms with Crippen LogP contribution in [-0.2, 0) is 17.6 Å². The summed E-state index contributed by atoms with van der Waals surface area (Å²) < 4.78 is 6.26. The van der Waals surface area contributed by atoms with E-state index in [0.29, 0.717) is 22.0 Å². The number of pyridine rings is 3. The van der Waals surface area contributed by atoms with Crippen LogP contribution >= 0.6 is 0 Å². The number of rotatable bonds is 2. The smallest absolute Gasteiger partial charge is 0.141 e. The highest BCUT2D eigenvalue weighted by Crippen LogP contribution is 2.60. The van der Waals surface area contributed by atoms with Crippen LogP contribution in [0.3, 0.4) is 0 Å². The summed E-state index contributed by atoms with van der Waals surface area (Å²) in [7, 11) is 6.59. The topological polar surface area (TPSA) is 94.9 Å². The Balaban J connectivity index is 0.000000188. The maximum atomic E-state index is 10.8. The first-order chi connectivity index (χ1) is 28.9.